The Bertz CT molecular complexity index is 531. The fraction of sp³-hybridized carbons (Fsp3) is 0.400. The minimum atomic E-state index is -3.89. The molecule has 0 amide bonds. The number of hydrogen-bond acceptors (Lipinski definition) is 5. The highest BCUT2D eigenvalue weighted by Crippen LogP contribution is 2.22. The van der Waals surface area contributed by atoms with Gasteiger partial charge in [-0.25, -0.2) is 13.1 Å². The van der Waals surface area contributed by atoms with E-state index in [1.165, 1.54) is 25.1 Å². The number of nitrogen functional groups attached to an aromatic ring is 1. The van der Waals surface area contributed by atoms with Gasteiger partial charge in [-0.05, 0) is 25.1 Å². The molecule has 0 heterocycles. The van der Waals surface area contributed by atoms with Crippen LogP contribution in [0.25, 0.3) is 0 Å². The van der Waals surface area contributed by atoms with Crippen molar-refractivity contribution < 1.29 is 18.6 Å². The highest BCUT2D eigenvalue weighted by Gasteiger charge is 2.24. The topological polar surface area (TPSA) is 113 Å². The molecule has 1 unspecified atom stereocenters. The van der Waals surface area contributed by atoms with Gasteiger partial charge >= 0.3 is 0 Å². The lowest BCUT2D eigenvalue weighted by Gasteiger charge is -2.20. The Kier molecular flexibility index (Phi) is 4.57. The molecular weight excluding hydrogens is 280 g/mol. The van der Waals surface area contributed by atoms with Crippen molar-refractivity contribution in [3.05, 3.63) is 23.2 Å². The molecule has 6 nitrogen and oxygen atoms in total. The molecule has 0 aromatic heterocycles. The number of anilines is 1. The molecule has 1 aromatic rings. The van der Waals surface area contributed by atoms with Crippen molar-refractivity contribution in [3.8, 4) is 0 Å². The van der Waals surface area contributed by atoms with Crippen LogP contribution < -0.4 is 10.5 Å². The van der Waals surface area contributed by atoms with Gasteiger partial charge in [-0.15, -0.1) is 0 Å². The van der Waals surface area contributed by atoms with E-state index in [9.17, 15) is 13.5 Å². The largest absolute Gasteiger partial charge is 0.398 e. The van der Waals surface area contributed by atoms with Crippen LogP contribution in [0.5, 0.6) is 0 Å². The van der Waals surface area contributed by atoms with Crippen LogP contribution in [0, 0.1) is 0 Å². The monoisotopic (exact) mass is 294 g/mol. The van der Waals surface area contributed by atoms with Gasteiger partial charge in [-0.1, -0.05) is 11.6 Å². The second kappa shape index (κ2) is 5.41. The summed E-state index contributed by atoms with van der Waals surface area (Å²) >= 11 is 5.70. The minimum absolute atomic E-state index is 0.0514. The third kappa shape index (κ3) is 3.82. The van der Waals surface area contributed by atoms with Crippen molar-refractivity contribution in [2.75, 3.05) is 18.9 Å². The molecule has 1 atom stereocenters. The van der Waals surface area contributed by atoms with Crippen molar-refractivity contribution in [2.45, 2.75) is 17.4 Å². The minimum Gasteiger partial charge on any atom is -0.398 e. The number of aliphatic hydroxyl groups is 2. The van der Waals surface area contributed by atoms with Gasteiger partial charge in [-0.2, -0.15) is 0 Å². The zero-order valence-electron chi connectivity index (χ0n) is 9.72. The number of halogens is 1. The van der Waals surface area contributed by atoms with E-state index in [4.69, 9.17) is 22.4 Å². The number of rotatable bonds is 5. The molecule has 0 fully saturated rings. The fourth-order valence-electron chi connectivity index (χ4n) is 1.13. The van der Waals surface area contributed by atoms with Crippen LogP contribution in [0.4, 0.5) is 5.69 Å². The lowest BCUT2D eigenvalue weighted by atomic mass is 10.1. The summed E-state index contributed by atoms with van der Waals surface area (Å²) < 4.78 is 26.0. The van der Waals surface area contributed by atoms with Crippen molar-refractivity contribution in [3.63, 3.8) is 0 Å². The van der Waals surface area contributed by atoms with E-state index < -0.39 is 22.2 Å². The summed E-state index contributed by atoms with van der Waals surface area (Å²) in [6.07, 6.45) is 0. The van der Waals surface area contributed by atoms with E-state index in [0.29, 0.717) is 0 Å². The third-order valence-electron chi connectivity index (χ3n) is 2.25. The van der Waals surface area contributed by atoms with E-state index in [-0.39, 0.29) is 22.2 Å². The quantitative estimate of drug-likeness (QED) is 0.569. The molecule has 0 aliphatic heterocycles. The summed E-state index contributed by atoms with van der Waals surface area (Å²) in [6.45, 7) is 0.398. The maximum Gasteiger partial charge on any atom is 0.242 e. The van der Waals surface area contributed by atoms with Crippen LogP contribution in [-0.4, -0.2) is 37.4 Å². The molecule has 0 spiro atoms. The van der Waals surface area contributed by atoms with Gasteiger partial charge in [0.1, 0.15) is 4.90 Å². The Morgan fingerprint density at radius 1 is 1.50 bits per heavy atom. The molecule has 0 aliphatic carbocycles. The number of sulfonamides is 1. The number of benzene rings is 1. The first-order valence-electron chi connectivity index (χ1n) is 5.06. The van der Waals surface area contributed by atoms with Crippen LogP contribution >= 0.6 is 11.6 Å². The second-order valence-corrected chi connectivity index (χ2v) is 6.33. The highest BCUT2D eigenvalue weighted by atomic mass is 35.5. The van der Waals surface area contributed by atoms with Gasteiger partial charge in [0.15, 0.2) is 0 Å². The van der Waals surface area contributed by atoms with E-state index in [1.807, 2.05) is 0 Å². The number of aliphatic hydroxyl groups excluding tert-OH is 1. The SMILES string of the molecule is CC(O)(CO)CNS(=O)(=O)c1cc(Cl)ccc1N. The molecule has 8 heteroatoms. The molecule has 0 bridgehead atoms. The molecule has 0 saturated carbocycles. The van der Waals surface area contributed by atoms with Gasteiger partial charge in [0.05, 0.1) is 17.9 Å². The summed E-state index contributed by atoms with van der Waals surface area (Å²) in [5.74, 6) is 0. The third-order valence-corrected chi connectivity index (χ3v) is 3.94. The predicted molar refractivity (Wildman–Crippen MR) is 68.8 cm³/mol. The van der Waals surface area contributed by atoms with Crippen LogP contribution in [0.3, 0.4) is 0 Å². The standard InChI is InChI=1S/C10H15ClN2O4S/c1-10(15,6-14)5-13-18(16,17)9-4-7(11)2-3-8(9)12/h2-4,13-15H,5-6,12H2,1H3. The summed E-state index contributed by atoms with van der Waals surface area (Å²) in [7, 11) is -3.89. The second-order valence-electron chi connectivity index (χ2n) is 4.16. The predicted octanol–water partition coefficient (Wildman–Crippen LogP) is -0.0562. The van der Waals surface area contributed by atoms with E-state index in [0.717, 1.165) is 0 Å². The van der Waals surface area contributed by atoms with E-state index >= 15 is 0 Å². The average molecular weight is 295 g/mol. The molecular formula is C10H15ClN2O4S. The van der Waals surface area contributed by atoms with Gasteiger partial charge in [0.25, 0.3) is 0 Å². The van der Waals surface area contributed by atoms with E-state index in [2.05, 4.69) is 4.72 Å². The Morgan fingerprint density at radius 2 is 2.11 bits per heavy atom. The maximum absolute atomic E-state index is 11.9. The number of nitrogens with two attached hydrogens (primary N) is 1. The van der Waals surface area contributed by atoms with Crippen molar-refractivity contribution in [1.82, 2.24) is 4.72 Å². The summed E-state index contributed by atoms with van der Waals surface area (Å²) in [6, 6.07) is 4.06. The van der Waals surface area contributed by atoms with Gasteiger partial charge in [0.2, 0.25) is 10.0 Å². The van der Waals surface area contributed by atoms with Crippen LogP contribution in [0.1, 0.15) is 6.92 Å². The molecule has 0 saturated heterocycles. The number of hydrogen-bond donors (Lipinski definition) is 4. The Balaban J connectivity index is 2.97. The lowest BCUT2D eigenvalue weighted by molar-refractivity contribution is 0.00681. The Labute approximate surface area is 110 Å². The van der Waals surface area contributed by atoms with Crippen molar-refractivity contribution in [2.24, 2.45) is 0 Å². The lowest BCUT2D eigenvalue weighted by Crippen LogP contribution is -2.43. The molecule has 0 radical (unpaired) electrons. The molecule has 102 valence electrons. The molecule has 5 N–H and O–H groups in total. The average Bonchev–Trinajstić information content (AvgIpc) is 2.30. The molecule has 1 aromatic carbocycles. The van der Waals surface area contributed by atoms with Crippen LogP contribution in [0.15, 0.2) is 23.1 Å². The smallest absolute Gasteiger partial charge is 0.242 e. The van der Waals surface area contributed by atoms with Gasteiger partial charge in [-0.3, -0.25) is 0 Å². The van der Waals surface area contributed by atoms with Crippen LogP contribution in [-0.2, 0) is 10.0 Å². The van der Waals surface area contributed by atoms with Crippen molar-refractivity contribution >= 4 is 27.3 Å². The first-order chi connectivity index (χ1) is 8.18. The fourth-order valence-corrected chi connectivity index (χ4v) is 2.68. The highest BCUT2D eigenvalue weighted by molar-refractivity contribution is 7.89. The number of nitrogens with one attached hydrogen (secondary N) is 1. The van der Waals surface area contributed by atoms with Crippen LogP contribution in [0.2, 0.25) is 5.02 Å². The summed E-state index contributed by atoms with van der Waals surface area (Å²) in [4.78, 5) is -0.163. The zero-order chi connectivity index (χ0) is 14.0. The first kappa shape index (κ1) is 15.2. The van der Waals surface area contributed by atoms with Crippen molar-refractivity contribution in [1.29, 1.82) is 0 Å². The summed E-state index contributed by atoms with van der Waals surface area (Å²) in [5.41, 5.74) is 4.07. The maximum atomic E-state index is 11.9. The van der Waals surface area contributed by atoms with E-state index in [1.54, 1.807) is 0 Å². The first-order valence-corrected chi connectivity index (χ1v) is 6.92. The normalized spacial score (nSPS) is 15.3. The Morgan fingerprint density at radius 3 is 2.67 bits per heavy atom. The van der Waals surface area contributed by atoms with Gasteiger partial charge < -0.3 is 15.9 Å². The molecule has 1 rings (SSSR count). The molecule has 0 aliphatic rings. The molecule has 18 heavy (non-hydrogen) atoms. The van der Waals surface area contributed by atoms with Gasteiger partial charge in [0, 0.05) is 11.6 Å². The zero-order valence-corrected chi connectivity index (χ0v) is 11.3. The summed E-state index contributed by atoms with van der Waals surface area (Å²) in [5, 5.41) is 18.6. The Hall–Kier alpha value is -0.860.